The highest BCUT2D eigenvalue weighted by Crippen LogP contribution is 2.17. The number of nitrogens with two attached hydrogens (primary N) is 1. The Morgan fingerprint density at radius 1 is 1.29 bits per heavy atom. The fraction of sp³-hybridized carbons (Fsp3) is 0.500. The quantitative estimate of drug-likeness (QED) is 0.815. The van der Waals surface area contributed by atoms with Crippen LogP contribution in [0.4, 0.5) is 0 Å². The number of aromatic nitrogens is 1. The van der Waals surface area contributed by atoms with Crippen LogP contribution in [0.5, 0.6) is 0 Å². The Balaban J connectivity index is 2.68. The average Bonchev–Trinajstić information content (AvgIpc) is 1.97. The molecule has 0 bridgehead atoms. The maximum atomic E-state index is 5.88. The van der Waals surface area contributed by atoms with E-state index in [4.69, 9.17) is 28.9 Å². The predicted molar refractivity (Wildman–Crippen MR) is 60.8 cm³/mol. The molecule has 0 atom stereocenters. The standard InChI is InChI=1S/C10H14Cl2N2/c1-10(2,13)4-3-7-5-8(11)14-9(12)6-7/h5-6H,3-4,13H2,1-2H3. The van der Waals surface area contributed by atoms with E-state index in [1.165, 1.54) is 0 Å². The van der Waals surface area contributed by atoms with E-state index in [9.17, 15) is 0 Å². The lowest BCUT2D eigenvalue weighted by molar-refractivity contribution is 0.477. The van der Waals surface area contributed by atoms with Crippen molar-refractivity contribution < 1.29 is 0 Å². The molecular weight excluding hydrogens is 219 g/mol. The number of aryl methyl sites for hydroxylation is 1. The van der Waals surface area contributed by atoms with Crippen LogP contribution in [0.25, 0.3) is 0 Å². The van der Waals surface area contributed by atoms with Gasteiger partial charge in [0.15, 0.2) is 0 Å². The van der Waals surface area contributed by atoms with E-state index in [0.29, 0.717) is 10.3 Å². The largest absolute Gasteiger partial charge is 0.326 e. The van der Waals surface area contributed by atoms with Gasteiger partial charge in [0.2, 0.25) is 0 Å². The Labute approximate surface area is 94.4 Å². The molecule has 0 saturated heterocycles. The summed E-state index contributed by atoms with van der Waals surface area (Å²) in [7, 11) is 0. The second-order valence-corrected chi connectivity index (χ2v) is 4.88. The van der Waals surface area contributed by atoms with Gasteiger partial charge in [0.25, 0.3) is 0 Å². The first-order valence-electron chi connectivity index (χ1n) is 4.48. The average molecular weight is 233 g/mol. The summed E-state index contributed by atoms with van der Waals surface area (Å²) < 4.78 is 0. The van der Waals surface area contributed by atoms with Crippen LogP contribution in [0.1, 0.15) is 25.8 Å². The van der Waals surface area contributed by atoms with Gasteiger partial charge >= 0.3 is 0 Å². The van der Waals surface area contributed by atoms with E-state index >= 15 is 0 Å². The normalized spacial score (nSPS) is 11.8. The zero-order valence-corrected chi connectivity index (χ0v) is 9.86. The molecule has 0 fully saturated rings. The molecular formula is C10H14Cl2N2. The molecule has 1 rings (SSSR count). The number of halogens is 2. The van der Waals surface area contributed by atoms with Gasteiger partial charge in [-0.15, -0.1) is 0 Å². The molecule has 78 valence electrons. The molecule has 0 unspecified atom stereocenters. The lowest BCUT2D eigenvalue weighted by Gasteiger charge is -2.17. The van der Waals surface area contributed by atoms with E-state index in [2.05, 4.69) is 4.98 Å². The molecule has 1 aromatic rings. The first-order valence-corrected chi connectivity index (χ1v) is 5.23. The predicted octanol–water partition coefficient (Wildman–Crippen LogP) is 3.06. The van der Waals surface area contributed by atoms with Crippen LogP contribution in [-0.2, 0) is 6.42 Å². The van der Waals surface area contributed by atoms with Crippen molar-refractivity contribution in [1.82, 2.24) is 4.98 Å². The highest BCUT2D eigenvalue weighted by molar-refractivity contribution is 6.32. The fourth-order valence-corrected chi connectivity index (χ4v) is 1.63. The molecule has 0 aliphatic carbocycles. The summed E-state index contributed by atoms with van der Waals surface area (Å²) in [5, 5.41) is 0.865. The lowest BCUT2D eigenvalue weighted by Crippen LogP contribution is -2.32. The van der Waals surface area contributed by atoms with Crippen molar-refractivity contribution in [3.05, 3.63) is 28.0 Å². The van der Waals surface area contributed by atoms with Gasteiger partial charge in [0, 0.05) is 5.54 Å². The minimum atomic E-state index is -0.164. The first kappa shape index (κ1) is 11.8. The van der Waals surface area contributed by atoms with Crippen molar-refractivity contribution in [2.75, 3.05) is 0 Å². The van der Waals surface area contributed by atoms with Crippen LogP contribution >= 0.6 is 23.2 Å². The summed E-state index contributed by atoms with van der Waals surface area (Å²) in [6.07, 6.45) is 1.76. The van der Waals surface area contributed by atoms with E-state index in [1.807, 2.05) is 26.0 Å². The number of rotatable bonds is 3. The zero-order valence-electron chi connectivity index (χ0n) is 8.35. The fourth-order valence-electron chi connectivity index (χ4n) is 1.13. The molecule has 14 heavy (non-hydrogen) atoms. The van der Waals surface area contributed by atoms with Crippen molar-refractivity contribution in [3.63, 3.8) is 0 Å². The minimum absolute atomic E-state index is 0.164. The van der Waals surface area contributed by atoms with E-state index in [0.717, 1.165) is 18.4 Å². The highest BCUT2D eigenvalue weighted by atomic mass is 35.5. The highest BCUT2D eigenvalue weighted by Gasteiger charge is 2.10. The third-order valence-electron chi connectivity index (χ3n) is 1.88. The van der Waals surface area contributed by atoms with Gasteiger partial charge < -0.3 is 5.73 Å². The van der Waals surface area contributed by atoms with Crippen molar-refractivity contribution in [1.29, 1.82) is 0 Å². The van der Waals surface area contributed by atoms with Crippen molar-refractivity contribution in [2.45, 2.75) is 32.2 Å². The SMILES string of the molecule is CC(C)(N)CCc1cc(Cl)nc(Cl)c1. The van der Waals surface area contributed by atoms with Crippen LogP contribution in [0.15, 0.2) is 12.1 Å². The number of nitrogens with zero attached hydrogens (tertiary/aromatic N) is 1. The summed E-state index contributed by atoms with van der Waals surface area (Å²) >= 11 is 11.5. The molecule has 2 nitrogen and oxygen atoms in total. The van der Waals surface area contributed by atoms with Crippen LogP contribution in [0.2, 0.25) is 10.3 Å². The zero-order chi connectivity index (χ0) is 10.8. The van der Waals surface area contributed by atoms with E-state index in [-0.39, 0.29) is 5.54 Å². The molecule has 0 amide bonds. The molecule has 4 heteroatoms. The molecule has 0 saturated carbocycles. The molecule has 0 aliphatic rings. The van der Waals surface area contributed by atoms with Crippen LogP contribution in [-0.4, -0.2) is 10.5 Å². The Hall–Kier alpha value is -0.310. The second kappa shape index (κ2) is 4.47. The van der Waals surface area contributed by atoms with Gasteiger partial charge in [-0.3, -0.25) is 0 Å². The van der Waals surface area contributed by atoms with Crippen LogP contribution in [0, 0.1) is 0 Å². The molecule has 0 spiro atoms. The molecule has 0 aromatic carbocycles. The van der Waals surface area contributed by atoms with Crippen molar-refractivity contribution in [2.24, 2.45) is 5.73 Å². The molecule has 2 N–H and O–H groups in total. The van der Waals surface area contributed by atoms with Crippen LogP contribution in [0.3, 0.4) is 0 Å². The smallest absolute Gasteiger partial charge is 0.131 e. The van der Waals surface area contributed by atoms with Gasteiger partial charge in [0.1, 0.15) is 10.3 Å². The molecule has 1 aromatic heterocycles. The third kappa shape index (κ3) is 4.27. The Kier molecular flexibility index (Phi) is 3.76. The second-order valence-electron chi connectivity index (χ2n) is 4.11. The lowest BCUT2D eigenvalue weighted by atomic mass is 9.97. The van der Waals surface area contributed by atoms with Gasteiger partial charge in [0.05, 0.1) is 0 Å². The van der Waals surface area contributed by atoms with E-state index in [1.54, 1.807) is 0 Å². The number of hydrogen-bond acceptors (Lipinski definition) is 2. The monoisotopic (exact) mass is 232 g/mol. The Bertz CT molecular complexity index is 298. The van der Waals surface area contributed by atoms with Gasteiger partial charge in [-0.05, 0) is 44.4 Å². The summed E-state index contributed by atoms with van der Waals surface area (Å²) in [6.45, 7) is 3.99. The van der Waals surface area contributed by atoms with Crippen molar-refractivity contribution >= 4 is 23.2 Å². The number of hydrogen-bond donors (Lipinski definition) is 1. The van der Waals surface area contributed by atoms with Gasteiger partial charge in [-0.2, -0.15) is 0 Å². The van der Waals surface area contributed by atoms with E-state index < -0.39 is 0 Å². The Morgan fingerprint density at radius 3 is 2.21 bits per heavy atom. The molecule has 1 heterocycles. The summed E-state index contributed by atoms with van der Waals surface area (Å²) in [4.78, 5) is 3.88. The third-order valence-corrected chi connectivity index (χ3v) is 2.27. The number of pyridine rings is 1. The van der Waals surface area contributed by atoms with Crippen molar-refractivity contribution in [3.8, 4) is 0 Å². The molecule has 0 radical (unpaired) electrons. The van der Waals surface area contributed by atoms with Gasteiger partial charge in [-0.25, -0.2) is 4.98 Å². The van der Waals surface area contributed by atoms with Crippen LogP contribution < -0.4 is 5.73 Å². The minimum Gasteiger partial charge on any atom is -0.326 e. The summed E-state index contributed by atoms with van der Waals surface area (Å²) in [5.74, 6) is 0. The first-order chi connectivity index (χ1) is 6.37. The maximum absolute atomic E-state index is 5.88. The topological polar surface area (TPSA) is 38.9 Å². The molecule has 0 aliphatic heterocycles. The summed E-state index contributed by atoms with van der Waals surface area (Å²) in [5.41, 5.74) is 6.79. The maximum Gasteiger partial charge on any atom is 0.131 e. The summed E-state index contributed by atoms with van der Waals surface area (Å²) in [6, 6.07) is 3.64. The van der Waals surface area contributed by atoms with Gasteiger partial charge in [-0.1, -0.05) is 23.2 Å². The Morgan fingerprint density at radius 2 is 1.79 bits per heavy atom.